The van der Waals surface area contributed by atoms with Gasteiger partial charge in [-0.2, -0.15) is 0 Å². The van der Waals surface area contributed by atoms with Crippen LogP contribution in [-0.4, -0.2) is 0 Å². The molecule has 0 atom stereocenters. The molecule has 1 aliphatic carbocycles. The van der Waals surface area contributed by atoms with Crippen molar-refractivity contribution in [3.63, 3.8) is 0 Å². The summed E-state index contributed by atoms with van der Waals surface area (Å²) >= 11 is 0. The Morgan fingerprint density at radius 2 is 0.776 bits per heavy atom. The highest BCUT2D eigenvalue weighted by atomic mass is 16.5. The van der Waals surface area contributed by atoms with Crippen molar-refractivity contribution in [2.24, 2.45) is 0 Å². The molecule has 314 valence electrons. The summed E-state index contributed by atoms with van der Waals surface area (Å²) in [6.07, 6.45) is 0. The summed E-state index contributed by atoms with van der Waals surface area (Å²) in [7, 11) is 0. The summed E-state index contributed by atoms with van der Waals surface area (Å²) < 4.78 is 7.26. The van der Waals surface area contributed by atoms with Crippen molar-refractivity contribution >= 4 is 27.8 Å². The molecule has 11 aromatic rings. The van der Waals surface area contributed by atoms with E-state index in [0.717, 1.165) is 50.6 Å². The van der Waals surface area contributed by atoms with Gasteiger partial charge in [0.2, 0.25) is 0 Å². The fourth-order valence-corrected chi connectivity index (χ4v) is 11.0. The van der Waals surface area contributed by atoms with Crippen LogP contribution in [0.4, 0.5) is 17.1 Å². The molecule has 11 aromatic carbocycles. The maximum absolute atomic E-state index is 7.26. The van der Waals surface area contributed by atoms with E-state index < -0.39 is 5.41 Å². The van der Waals surface area contributed by atoms with E-state index in [-0.39, 0.29) is 0 Å². The summed E-state index contributed by atoms with van der Waals surface area (Å²) in [6, 6.07) is 94.9. The second-order valence-electron chi connectivity index (χ2n) is 17.6. The Hall–Kier alpha value is -8.72. The molecule has 0 saturated heterocycles. The van der Waals surface area contributed by atoms with Crippen LogP contribution in [0, 0.1) is 0 Å². The normalized spacial score (nSPS) is 12.7. The van der Waals surface area contributed by atoms with Crippen molar-refractivity contribution in [2.75, 3.05) is 4.90 Å². The second-order valence-corrected chi connectivity index (χ2v) is 17.6. The van der Waals surface area contributed by atoms with Gasteiger partial charge < -0.3 is 9.64 Å². The third kappa shape index (κ3) is 6.26. The monoisotopic (exact) mass is 853 g/mol. The molecule has 0 N–H and O–H groups in total. The van der Waals surface area contributed by atoms with Crippen LogP contribution < -0.4 is 9.64 Å². The van der Waals surface area contributed by atoms with Crippen molar-refractivity contribution in [3.05, 3.63) is 283 Å². The van der Waals surface area contributed by atoms with Gasteiger partial charge in [-0.3, -0.25) is 0 Å². The summed E-state index contributed by atoms with van der Waals surface area (Å²) in [5, 5.41) is 2.32. The smallest absolute Gasteiger partial charge is 0.137 e. The molecule has 1 aliphatic heterocycles. The van der Waals surface area contributed by atoms with E-state index in [1.807, 2.05) is 0 Å². The van der Waals surface area contributed by atoms with E-state index in [2.05, 4.69) is 266 Å². The lowest BCUT2D eigenvalue weighted by atomic mass is 9.67. The van der Waals surface area contributed by atoms with Gasteiger partial charge in [0.15, 0.2) is 0 Å². The SMILES string of the molecule is c1ccc(-c2ccc(N(c3ccc4c(c3)Oc3cc5ccccc5cc3-c3c(-c5ccccc5)cccc3-4)c3ccc4c(c3)C(c3ccccc3)(c3ccccc3)c3ccccc3-4)cc2)cc1. The highest BCUT2D eigenvalue weighted by Gasteiger charge is 2.46. The fraction of sp³-hybridized carbons (Fsp3) is 0.0154. The topological polar surface area (TPSA) is 12.5 Å². The predicted octanol–water partition coefficient (Wildman–Crippen LogP) is 17.4. The maximum atomic E-state index is 7.26. The second kappa shape index (κ2) is 15.8. The van der Waals surface area contributed by atoms with Crippen molar-refractivity contribution in [1.29, 1.82) is 0 Å². The summed E-state index contributed by atoms with van der Waals surface area (Å²) in [6.45, 7) is 0. The zero-order valence-corrected chi connectivity index (χ0v) is 36.7. The number of hydrogen-bond acceptors (Lipinski definition) is 2. The molecule has 0 amide bonds. The number of ether oxygens (including phenoxy) is 1. The van der Waals surface area contributed by atoms with Crippen LogP contribution in [-0.2, 0) is 5.41 Å². The molecule has 67 heavy (non-hydrogen) atoms. The van der Waals surface area contributed by atoms with Crippen LogP contribution in [0.1, 0.15) is 22.3 Å². The molecule has 1 heterocycles. The first-order valence-corrected chi connectivity index (χ1v) is 23.1. The van der Waals surface area contributed by atoms with E-state index in [9.17, 15) is 0 Å². The first-order valence-electron chi connectivity index (χ1n) is 23.1. The van der Waals surface area contributed by atoms with Crippen LogP contribution in [0.2, 0.25) is 0 Å². The van der Waals surface area contributed by atoms with Gasteiger partial charge >= 0.3 is 0 Å². The first-order chi connectivity index (χ1) is 33.2. The molecule has 0 unspecified atom stereocenters. The van der Waals surface area contributed by atoms with Crippen LogP contribution in [0.15, 0.2) is 261 Å². The number of rotatable bonds is 7. The molecular formula is C65H43NO. The quantitative estimate of drug-likeness (QED) is 0.158. The molecule has 0 fully saturated rings. The van der Waals surface area contributed by atoms with Crippen LogP contribution in [0.3, 0.4) is 0 Å². The molecule has 2 nitrogen and oxygen atoms in total. The van der Waals surface area contributed by atoms with Crippen molar-refractivity contribution in [1.82, 2.24) is 0 Å². The van der Waals surface area contributed by atoms with Gasteiger partial charge in [-0.1, -0.05) is 206 Å². The summed E-state index contributed by atoms with van der Waals surface area (Å²) in [5.74, 6) is 1.64. The van der Waals surface area contributed by atoms with Gasteiger partial charge in [0, 0.05) is 39.8 Å². The zero-order chi connectivity index (χ0) is 44.3. The van der Waals surface area contributed by atoms with E-state index in [0.29, 0.717) is 0 Å². The molecule has 2 heteroatoms. The van der Waals surface area contributed by atoms with Gasteiger partial charge in [0.05, 0.1) is 5.41 Å². The third-order valence-electron chi connectivity index (χ3n) is 13.9. The fourth-order valence-electron chi connectivity index (χ4n) is 11.0. The molecule has 0 aromatic heterocycles. The lowest BCUT2D eigenvalue weighted by Gasteiger charge is -2.35. The Kier molecular flexibility index (Phi) is 9.11. The summed E-state index contributed by atoms with van der Waals surface area (Å²) in [4.78, 5) is 2.40. The lowest BCUT2D eigenvalue weighted by molar-refractivity contribution is 0.488. The van der Waals surface area contributed by atoms with Gasteiger partial charge in [-0.25, -0.2) is 0 Å². The highest BCUT2D eigenvalue weighted by molar-refractivity contribution is 6.03. The third-order valence-corrected chi connectivity index (χ3v) is 13.9. The standard InChI is InChI=1S/C65H43NO/c1-5-18-44(19-6-1)45-32-34-51(35-33-45)66(52-36-38-56-55-28-15-16-31-60(55)65(61(56)42-52,49-24-9-3-10-25-49)50-26-11-4-12-27-50)53-37-39-57-58-30-17-29-54(46-20-7-2-8-21-46)64(58)59-40-47-22-13-14-23-48(47)41-62(59)67-63(57)43-53/h1-43H. The molecule has 0 bridgehead atoms. The predicted molar refractivity (Wildman–Crippen MR) is 278 cm³/mol. The molecule has 2 aliphatic rings. The number of hydrogen-bond donors (Lipinski definition) is 0. The van der Waals surface area contributed by atoms with Gasteiger partial charge in [0.1, 0.15) is 11.5 Å². The Morgan fingerprint density at radius 1 is 0.284 bits per heavy atom. The van der Waals surface area contributed by atoms with Crippen molar-refractivity contribution in [3.8, 4) is 67.1 Å². The average molecular weight is 854 g/mol. The number of nitrogens with zero attached hydrogens (tertiary/aromatic N) is 1. The first kappa shape index (κ1) is 38.7. The largest absolute Gasteiger partial charge is 0.456 e. The average Bonchev–Trinajstić information content (AvgIpc) is 3.62. The van der Waals surface area contributed by atoms with Gasteiger partial charge in [-0.05, 0) is 121 Å². The Morgan fingerprint density at radius 3 is 1.48 bits per heavy atom. The molecule has 0 radical (unpaired) electrons. The minimum Gasteiger partial charge on any atom is -0.456 e. The maximum Gasteiger partial charge on any atom is 0.137 e. The van der Waals surface area contributed by atoms with Crippen LogP contribution in [0.5, 0.6) is 11.5 Å². The van der Waals surface area contributed by atoms with E-state index in [1.165, 1.54) is 66.6 Å². The zero-order valence-electron chi connectivity index (χ0n) is 36.7. The van der Waals surface area contributed by atoms with Gasteiger partial charge in [0.25, 0.3) is 0 Å². The van der Waals surface area contributed by atoms with Crippen LogP contribution >= 0.6 is 0 Å². The minimum atomic E-state index is -0.545. The minimum absolute atomic E-state index is 0.545. The van der Waals surface area contributed by atoms with E-state index >= 15 is 0 Å². The molecule has 0 spiro atoms. The molecular weight excluding hydrogens is 811 g/mol. The lowest BCUT2D eigenvalue weighted by Crippen LogP contribution is -2.28. The van der Waals surface area contributed by atoms with Crippen molar-refractivity contribution in [2.45, 2.75) is 5.41 Å². The highest BCUT2D eigenvalue weighted by Crippen LogP contribution is 2.58. The Labute approximate surface area is 391 Å². The van der Waals surface area contributed by atoms with E-state index in [1.54, 1.807) is 0 Å². The van der Waals surface area contributed by atoms with E-state index in [4.69, 9.17) is 4.74 Å². The van der Waals surface area contributed by atoms with Gasteiger partial charge in [-0.15, -0.1) is 0 Å². The number of anilines is 3. The Bertz CT molecular complexity index is 3600. The van der Waals surface area contributed by atoms with Crippen molar-refractivity contribution < 1.29 is 4.74 Å². The molecule has 13 rings (SSSR count). The summed E-state index contributed by atoms with van der Waals surface area (Å²) in [5.41, 5.74) is 19.2. The van der Waals surface area contributed by atoms with Crippen LogP contribution in [0.25, 0.3) is 66.4 Å². The molecule has 0 saturated carbocycles. The number of benzene rings is 11. The number of fused-ring (bicyclic) bond motifs is 9. The Balaban J connectivity index is 1.04.